The first kappa shape index (κ1) is 18.2. The molecule has 0 aliphatic carbocycles. The van der Waals surface area contributed by atoms with Crippen molar-refractivity contribution < 1.29 is 26.7 Å². The van der Waals surface area contributed by atoms with Gasteiger partial charge in [-0.2, -0.15) is 18.2 Å². The maximum Gasteiger partial charge on any atom is 0.416 e. The highest BCUT2D eigenvalue weighted by molar-refractivity contribution is 6.73. The smallest absolute Gasteiger partial charge is 0.278 e. The van der Waals surface area contributed by atoms with Gasteiger partial charge in [0.25, 0.3) is 5.78 Å². The van der Waals surface area contributed by atoms with Crippen LogP contribution in [0.15, 0.2) is 64.5 Å². The highest BCUT2D eigenvalue weighted by Crippen LogP contribution is 2.40. The zero-order chi connectivity index (χ0) is 20.3. The molecule has 0 bridgehead atoms. The van der Waals surface area contributed by atoms with Crippen molar-refractivity contribution in [3.05, 3.63) is 77.1 Å². The summed E-state index contributed by atoms with van der Waals surface area (Å²) in [7, 11) is 0. The van der Waals surface area contributed by atoms with E-state index in [1.54, 1.807) is 6.92 Å². The topological polar surface area (TPSA) is 41.8 Å². The molecule has 0 radical (unpaired) electrons. The molecule has 28 heavy (non-hydrogen) atoms. The summed E-state index contributed by atoms with van der Waals surface area (Å²) < 4.78 is 65.4. The number of carbonyl (C=O) groups excluding carboxylic acids is 1. The van der Waals surface area contributed by atoms with Gasteiger partial charge in [0.05, 0.1) is 11.8 Å². The minimum absolute atomic E-state index is 0.0871. The summed E-state index contributed by atoms with van der Waals surface area (Å²) >= 11 is 0. The van der Waals surface area contributed by atoms with E-state index in [1.165, 1.54) is 18.3 Å². The molecular formula is C19H11F5N3O+. The van der Waals surface area contributed by atoms with Gasteiger partial charge in [0, 0.05) is 30.7 Å². The third-order valence-electron chi connectivity index (χ3n) is 4.61. The number of aliphatic imine (C=N–C) groups is 1. The number of benzene rings is 2. The summed E-state index contributed by atoms with van der Waals surface area (Å²) in [4.78, 5) is 16.9. The monoisotopic (exact) mass is 392 g/mol. The first-order valence-corrected chi connectivity index (χ1v) is 8.07. The fraction of sp³-hybridized carbons (Fsp3) is 0.105. The molecule has 1 unspecified atom stereocenters. The summed E-state index contributed by atoms with van der Waals surface area (Å²) in [6, 6.07) is 6.85. The molecule has 4 nitrogen and oxygen atoms in total. The van der Waals surface area contributed by atoms with Gasteiger partial charge in [0.2, 0.25) is 0 Å². The zero-order valence-corrected chi connectivity index (χ0v) is 14.3. The molecule has 2 aliphatic heterocycles. The van der Waals surface area contributed by atoms with Crippen molar-refractivity contribution in [3.8, 4) is 0 Å². The highest BCUT2D eigenvalue weighted by atomic mass is 19.4. The van der Waals surface area contributed by atoms with Crippen LogP contribution in [0, 0.1) is 11.6 Å². The first-order valence-electron chi connectivity index (χ1n) is 8.07. The second kappa shape index (κ2) is 5.90. The van der Waals surface area contributed by atoms with Gasteiger partial charge in [0.1, 0.15) is 11.6 Å². The Labute approximate surface area is 155 Å². The maximum atomic E-state index is 14.2. The molecule has 1 atom stereocenters. The molecule has 0 aromatic heterocycles. The Morgan fingerprint density at radius 2 is 1.68 bits per heavy atom. The lowest BCUT2D eigenvalue weighted by Gasteiger charge is -2.23. The number of hydrogen-bond acceptors (Lipinski definition) is 3. The Bertz CT molecular complexity index is 1100. The predicted octanol–water partition coefficient (Wildman–Crippen LogP) is 4.55. The van der Waals surface area contributed by atoms with Crippen LogP contribution in [0.2, 0.25) is 0 Å². The van der Waals surface area contributed by atoms with Crippen LogP contribution in [0.5, 0.6) is 0 Å². The van der Waals surface area contributed by atoms with Crippen molar-refractivity contribution in [3.63, 3.8) is 0 Å². The molecule has 0 N–H and O–H groups in total. The molecule has 4 rings (SSSR count). The van der Waals surface area contributed by atoms with Gasteiger partial charge in [-0.15, -0.1) is 0 Å². The first-order chi connectivity index (χ1) is 13.1. The van der Waals surface area contributed by atoms with Crippen LogP contribution in [0.25, 0.3) is 0 Å². The summed E-state index contributed by atoms with van der Waals surface area (Å²) in [5, 5.41) is 4.33. The van der Waals surface area contributed by atoms with E-state index in [0.717, 1.165) is 24.3 Å². The van der Waals surface area contributed by atoms with Crippen molar-refractivity contribution in [1.29, 1.82) is 0 Å². The number of halogens is 5. The quantitative estimate of drug-likeness (QED) is 0.546. The van der Waals surface area contributed by atoms with Gasteiger partial charge in [0.15, 0.2) is 17.1 Å². The molecule has 0 fully saturated rings. The molecule has 0 spiro atoms. The number of fused-ring (bicyclic) bond motifs is 1. The van der Waals surface area contributed by atoms with Crippen LogP contribution >= 0.6 is 0 Å². The normalized spacial score (nSPS) is 21.4. The van der Waals surface area contributed by atoms with E-state index in [4.69, 9.17) is 0 Å². The molecule has 142 valence electrons. The maximum absolute atomic E-state index is 14.2. The molecule has 2 aromatic carbocycles. The number of quaternary nitrogens is 1. The SMILES string of the molecule is CC1=CN=C2C(=O)C(c3ccc(F)cc3F)=N[N+]12c1ccc(C(F)(F)F)cc1. The number of hydrogen-bond donors (Lipinski definition) is 0. The van der Waals surface area contributed by atoms with Crippen LogP contribution in [-0.2, 0) is 11.0 Å². The van der Waals surface area contributed by atoms with E-state index in [2.05, 4.69) is 10.1 Å². The number of alkyl halides is 3. The minimum Gasteiger partial charge on any atom is -0.278 e. The number of rotatable bonds is 2. The van der Waals surface area contributed by atoms with Crippen LogP contribution in [0.4, 0.5) is 27.6 Å². The van der Waals surface area contributed by atoms with Crippen LogP contribution in [-0.4, -0.2) is 17.3 Å². The Balaban J connectivity index is 1.88. The third-order valence-corrected chi connectivity index (χ3v) is 4.61. The van der Waals surface area contributed by atoms with Crippen LogP contribution in [0.1, 0.15) is 18.1 Å². The number of amidine groups is 1. The summed E-state index contributed by atoms with van der Waals surface area (Å²) in [5.74, 6) is -2.55. The number of allylic oxidation sites excluding steroid dienone is 1. The zero-order valence-electron chi connectivity index (χ0n) is 14.3. The minimum atomic E-state index is -4.52. The largest absolute Gasteiger partial charge is 0.416 e. The fourth-order valence-corrected chi connectivity index (χ4v) is 3.23. The molecule has 2 aliphatic rings. The van der Waals surface area contributed by atoms with Crippen molar-refractivity contribution >= 4 is 23.0 Å². The molecule has 0 saturated heterocycles. The average molecular weight is 392 g/mol. The Morgan fingerprint density at radius 3 is 2.29 bits per heavy atom. The van der Waals surface area contributed by atoms with Crippen molar-refractivity contribution in [1.82, 2.24) is 4.59 Å². The lowest BCUT2D eigenvalue weighted by Crippen LogP contribution is -2.44. The summed E-state index contributed by atoms with van der Waals surface area (Å²) in [6.45, 7) is 1.61. The summed E-state index contributed by atoms with van der Waals surface area (Å²) in [6.07, 6.45) is -3.13. The van der Waals surface area contributed by atoms with Gasteiger partial charge in [-0.3, -0.25) is 4.79 Å². The lowest BCUT2D eigenvalue weighted by atomic mass is 10.1. The second-order valence-corrected chi connectivity index (χ2v) is 6.31. The Hall–Kier alpha value is -3.20. The highest BCUT2D eigenvalue weighted by Gasteiger charge is 2.55. The Kier molecular flexibility index (Phi) is 3.83. The second-order valence-electron chi connectivity index (χ2n) is 6.31. The van der Waals surface area contributed by atoms with Gasteiger partial charge in [-0.05, 0) is 24.3 Å². The van der Waals surface area contributed by atoms with E-state index in [1.807, 2.05) is 0 Å². The lowest BCUT2D eigenvalue weighted by molar-refractivity contribution is -0.137. The molecule has 0 saturated carbocycles. The van der Waals surface area contributed by atoms with Crippen molar-refractivity contribution in [2.24, 2.45) is 10.1 Å². The third kappa shape index (κ3) is 2.50. The number of carbonyl (C=O) groups is 1. The van der Waals surface area contributed by atoms with Crippen LogP contribution in [0.3, 0.4) is 0 Å². The van der Waals surface area contributed by atoms with Gasteiger partial charge >= 0.3 is 12.0 Å². The van der Waals surface area contributed by atoms with Crippen molar-refractivity contribution in [2.75, 3.05) is 0 Å². The number of nitrogens with zero attached hydrogens (tertiary/aromatic N) is 3. The van der Waals surface area contributed by atoms with E-state index in [9.17, 15) is 26.7 Å². The predicted molar refractivity (Wildman–Crippen MR) is 92.3 cm³/mol. The molecule has 0 amide bonds. The van der Waals surface area contributed by atoms with E-state index in [-0.39, 0.29) is 22.8 Å². The Morgan fingerprint density at radius 1 is 1.00 bits per heavy atom. The molecular weight excluding hydrogens is 381 g/mol. The molecule has 2 heterocycles. The summed E-state index contributed by atoms with van der Waals surface area (Å²) in [5.41, 5.74) is -0.651. The van der Waals surface area contributed by atoms with Gasteiger partial charge in [-0.25, -0.2) is 8.78 Å². The van der Waals surface area contributed by atoms with E-state index < -0.39 is 33.7 Å². The van der Waals surface area contributed by atoms with E-state index in [0.29, 0.717) is 11.8 Å². The number of Topliss-reactive ketones (excluding diaryl/α,β-unsaturated/α-hetero) is 1. The fourth-order valence-electron chi connectivity index (χ4n) is 3.23. The standard InChI is InChI=1S/C19H11F5N3O/c1-10-9-25-18-17(28)16(14-7-4-12(20)8-15(14)21)26-27(10,18)13-5-2-11(3-6-13)19(22,23)24/h2-9H,1H3/q+1. The van der Waals surface area contributed by atoms with Gasteiger partial charge in [-0.1, -0.05) is 9.69 Å². The van der Waals surface area contributed by atoms with Gasteiger partial charge < -0.3 is 0 Å². The van der Waals surface area contributed by atoms with E-state index >= 15 is 0 Å². The van der Waals surface area contributed by atoms with Crippen LogP contribution < -0.4 is 4.59 Å². The van der Waals surface area contributed by atoms with Crippen molar-refractivity contribution in [2.45, 2.75) is 13.1 Å². The average Bonchev–Trinajstić information content (AvgIpc) is 3.11. The number of ketones is 1. The molecule has 2 aromatic rings. The molecule has 9 heteroatoms.